The van der Waals surface area contributed by atoms with E-state index in [-0.39, 0.29) is 6.04 Å². The van der Waals surface area contributed by atoms with Gasteiger partial charge < -0.3 is 15.5 Å². The van der Waals surface area contributed by atoms with Gasteiger partial charge in [0.05, 0.1) is 5.52 Å². The molecule has 0 spiro atoms. The van der Waals surface area contributed by atoms with Crippen LogP contribution in [0.15, 0.2) is 91.1 Å². The van der Waals surface area contributed by atoms with Crippen LogP contribution < -0.4 is 5.73 Å². The van der Waals surface area contributed by atoms with Crippen molar-refractivity contribution in [3.63, 3.8) is 0 Å². The molecule has 1 unspecified atom stereocenters. The smallest absolute Gasteiger partial charge is 0.0720 e. The lowest BCUT2D eigenvalue weighted by atomic mass is 9.90. The van der Waals surface area contributed by atoms with Crippen molar-refractivity contribution in [1.29, 1.82) is 0 Å². The number of likely N-dealkylation sites (N-methyl/N-ethyl adjacent to an activating group) is 1. The number of halogens is 1. The fraction of sp³-hybridized carbons (Fsp3) is 0.344. The van der Waals surface area contributed by atoms with Crippen LogP contribution in [0.1, 0.15) is 48.9 Å². The third kappa shape index (κ3) is 7.39. The van der Waals surface area contributed by atoms with Crippen LogP contribution in [0.3, 0.4) is 0 Å². The van der Waals surface area contributed by atoms with Crippen molar-refractivity contribution in [3.05, 3.63) is 113 Å². The van der Waals surface area contributed by atoms with Gasteiger partial charge in [-0.2, -0.15) is 0 Å². The minimum atomic E-state index is -0.0745. The highest BCUT2D eigenvalue weighted by Crippen LogP contribution is 2.28. The minimum Gasteiger partial charge on any atom is -0.324 e. The second kappa shape index (κ2) is 13.7. The highest BCUT2D eigenvalue weighted by atomic mass is 35.5. The van der Waals surface area contributed by atoms with Crippen LogP contribution in [-0.4, -0.2) is 54.1 Å². The summed E-state index contributed by atoms with van der Waals surface area (Å²) in [6.07, 6.45) is 2.71. The molecule has 4 aromatic rings. The van der Waals surface area contributed by atoms with Crippen molar-refractivity contribution >= 4 is 22.5 Å². The molecule has 0 amide bonds. The van der Waals surface area contributed by atoms with Crippen molar-refractivity contribution in [2.24, 2.45) is 5.73 Å². The van der Waals surface area contributed by atoms with Crippen molar-refractivity contribution in [1.82, 2.24) is 14.8 Å². The molecule has 4 nitrogen and oxygen atoms in total. The van der Waals surface area contributed by atoms with E-state index in [0.717, 1.165) is 62.2 Å². The Morgan fingerprint density at radius 3 is 2.03 bits per heavy atom. The van der Waals surface area contributed by atoms with Crippen molar-refractivity contribution in [2.75, 3.05) is 39.3 Å². The van der Waals surface area contributed by atoms with Crippen molar-refractivity contribution < 1.29 is 0 Å². The molecule has 0 aliphatic heterocycles. The summed E-state index contributed by atoms with van der Waals surface area (Å²) in [6, 6.07) is 29.6. The molecule has 5 heteroatoms. The van der Waals surface area contributed by atoms with Crippen LogP contribution >= 0.6 is 11.6 Å². The number of nitrogens with zero attached hydrogens (tertiary/aromatic N) is 3. The summed E-state index contributed by atoms with van der Waals surface area (Å²) in [5, 5.41) is 1.78. The van der Waals surface area contributed by atoms with Crippen LogP contribution in [0.5, 0.6) is 0 Å². The minimum absolute atomic E-state index is 0.0745. The molecule has 1 aromatic heterocycles. The summed E-state index contributed by atoms with van der Waals surface area (Å²) in [4.78, 5) is 9.59. The number of rotatable bonds is 13. The zero-order chi connectivity index (χ0) is 26.0. The first-order valence-corrected chi connectivity index (χ1v) is 13.8. The van der Waals surface area contributed by atoms with Crippen molar-refractivity contribution in [2.45, 2.75) is 32.2 Å². The number of hydrogen-bond acceptors (Lipinski definition) is 4. The fourth-order valence-corrected chi connectivity index (χ4v) is 5.26. The molecule has 0 fully saturated rings. The predicted octanol–water partition coefficient (Wildman–Crippen LogP) is 6.75. The summed E-state index contributed by atoms with van der Waals surface area (Å²) in [5.74, 6) is 0.305. The van der Waals surface area contributed by atoms with E-state index >= 15 is 0 Å². The Morgan fingerprint density at radius 2 is 1.41 bits per heavy atom. The number of fused-ring (bicyclic) bond motifs is 1. The third-order valence-electron chi connectivity index (χ3n) is 7.37. The Balaban J connectivity index is 1.55. The molecule has 0 aliphatic rings. The molecule has 1 atom stereocenters. The summed E-state index contributed by atoms with van der Waals surface area (Å²) >= 11 is 6.21. The highest BCUT2D eigenvalue weighted by Gasteiger charge is 2.20. The lowest BCUT2D eigenvalue weighted by molar-refractivity contribution is 0.204. The Hall–Kier alpha value is -2.76. The monoisotopic (exact) mass is 514 g/mol. The van der Waals surface area contributed by atoms with Gasteiger partial charge in [-0.05, 0) is 54.4 Å². The van der Waals surface area contributed by atoms with Crippen LogP contribution in [0, 0.1) is 0 Å². The standard InChI is InChI=1S/C32H39ClN4/c1-3-36(4-2)21-22-37(24-30(25-11-7-5-8-12-25)26-13-9-6-10-14-26)20-18-31(34)28-17-19-35-32-23-27(33)15-16-29(28)32/h5-17,19,23,30-31H,3-4,18,20-22,24,34H2,1-2H3. The number of nitrogens with two attached hydrogens (primary N) is 1. The molecular formula is C32H39ClN4. The Kier molecular flexibility index (Phi) is 10.1. The highest BCUT2D eigenvalue weighted by molar-refractivity contribution is 6.31. The molecule has 3 aromatic carbocycles. The summed E-state index contributed by atoms with van der Waals surface area (Å²) in [6.45, 7) is 10.5. The number of benzene rings is 3. The predicted molar refractivity (Wildman–Crippen MR) is 157 cm³/mol. The molecule has 37 heavy (non-hydrogen) atoms. The number of pyridine rings is 1. The summed E-state index contributed by atoms with van der Waals surface area (Å²) < 4.78 is 0. The zero-order valence-electron chi connectivity index (χ0n) is 22.1. The van der Waals surface area contributed by atoms with Gasteiger partial charge in [0.1, 0.15) is 0 Å². The van der Waals surface area contributed by atoms with Gasteiger partial charge in [0, 0.05) is 54.7 Å². The molecule has 1 heterocycles. The largest absolute Gasteiger partial charge is 0.324 e. The second-order valence-corrected chi connectivity index (χ2v) is 10.1. The van der Waals surface area contributed by atoms with E-state index in [0.29, 0.717) is 10.9 Å². The van der Waals surface area contributed by atoms with E-state index in [2.05, 4.69) is 95.4 Å². The van der Waals surface area contributed by atoms with Crippen LogP contribution in [0.2, 0.25) is 5.02 Å². The first-order valence-electron chi connectivity index (χ1n) is 13.4. The maximum absolute atomic E-state index is 6.81. The Labute approximate surface area is 227 Å². The van der Waals surface area contributed by atoms with E-state index in [9.17, 15) is 0 Å². The third-order valence-corrected chi connectivity index (χ3v) is 7.60. The normalized spacial score (nSPS) is 12.6. The number of aromatic nitrogens is 1. The molecular weight excluding hydrogens is 476 g/mol. The van der Waals surface area contributed by atoms with Gasteiger partial charge in [-0.1, -0.05) is 92.2 Å². The molecule has 4 rings (SSSR count). The van der Waals surface area contributed by atoms with E-state index in [1.165, 1.54) is 11.1 Å². The van der Waals surface area contributed by atoms with E-state index in [1.54, 1.807) is 0 Å². The number of hydrogen-bond donors (Lipinski definition) is 1. The maximum Gasteiger partial charge on any atom is 0.0720 e. The van der Waals surface area contributed by atoms with Crippen LogP contribution in [-0.2, 0) is 0 Å². The van der Waals surface area contributed by atoms with E-state index in [4.69, 9.17) is 17.3 Å². The van der Waals surface area contributed by atoms with Crippen LogP contribution in [0.4, 0.5) is 0 Å². The first kappa shape index (κ1) is 27.3. The van der Waals surface area contributed by atoms with Gasteiger partial charge in [0.25, 0.3) is 0 Å². The molecule has 2 N–H and O–H groups in total. The SMILES string of the molecule is CCN(CC)CCN(CCC(N)c1ccnc2cc(Cl)ccc12)CC(c1ccccc1)c1ccccc1. The van der Waals surface area contributed by atoms with E-state index in [1.807, 2.05) is 24.4 Å². The molecule has 0 aliphatic carbocycles. The quantitative estimate of drug-likeness (QED) is 0.214. The second-order valence-electron chi connectivity index (χ2n) is 9.66. The summed E-state index contributed by atoms with van der Waals surface area (Å²) in [7, 11) is 0. The van der Waals surface area contributed by atoms with Gasteiger partial charge in [-0.3, -0.25) is 4.98 Å². The molecule has 0 radical (unpaired) electrons. The van der Waals surface area contributed by atoms with Gasteiger partial charge >= 0.3 is 0 Å². The van der Waals surface area contributed by atoms with E-state index < -0.39 is 0 Å². The molecule has 0 saturated heterocycles. The Bertz CT molecular complexity index is 1190. The molecule has 0 saturated carbocycles. The lowest BCUT2D eigenvalue weighted by Crippen LogP contribution is -2.38. The van der Waals surface area contributed by atoms with Gasteiger partial charge in [0.2, 0.25) is 0 Å². The zero-order valence-corrected chi connectivity index (χ0v) is 22.8. The molecule has 0 bridgehead atoms. The average Bonchev–Trinajstić information content (AvgIpc) is 2.94. The maximum atomic E-state index is 6.81. The van der Waals surface area contributed by atoms with Gasteiger partial charge in [-0.15, -0.1) is 0 Å². The van der Waals surface area contributed by atoms with Crippen LogP contribution in [0.25, 0.3) is 10.9 Å². The fourth-order valence-electron chi connectivity index (χ4n) is 5.09. The topological polar surface area (TPSA) is 45.4 Å². The average molecular weight is 515 g/mol. The first-order chi connectivity index (χ1) is 18.1. The van der Waals surface area contributed by atoms with Gasteiger partial charge in [0.15, 0.2) is 0 Å². The van der Waals surface area contributed by atoms with Gasteiger partial charge in [-0.25, -0.2) is 0 Å². The lowest BCUT2D eigenvalue weighted by Gasteiger charge is -2.31. The summed E-state index contributed by atoms with van der Waals surface area (Å²) in [5.41, 5.74) is 11.5. The molecule has 194 valence electrons. The van der Waals surface area contributed by atoms with Crippen molar-refractivity contribution in [3.8, 4) is 0 Å². The Morgan fingerprint density at radius 1 is 0.784 bits per heavy atom.